The number of rotatable bonds is 5. The lowest BCUT2D eigenvalue weighted by atomic mass is 10.3. The third-order valence-electron chi connectivity index (χ3n) is 2.09. The van der Waals surface area contributed by atoms with Gasteiger partial charge in [0.05, 0.1) is 0 Å². The molecule has 0 unspecified atom stereocenters. The molecule has 0 aromatic carbocycles. The van der Waals surface area contributed by atoms with Crippen LogP contribution in [-0.2, 0) is 0 Å². The Bertz CT molecular complexity index is 495. The lowest BCUT2D eigenvalue weighted by Crippen LogP contribution is -1.80. The van der Waals surface area contributed by atoms with Crippen LogP contribution in [0.5, 0.6) is 0 Å². The number of hydrogen-bond donors (Lipinski definition) is 0. The van der Waals surface area contributed by atoms with Gasteiger partial charge in [0.15, 0.2) is 0 Å². The summed E-state index contributed by atoms with van der Waals surface area (Å²) in [5.74, 6) is 1.44. The highest BCUT2D eigenvalue weighted by atomic mass is 32.2. The maximum atomic E-state index is 5.53. The molecular weight excluding hydrogens is 234 g/mol. The summed E-state index contributed by atoms with van der Waals surface area (Å²) in [6.07, 6.45) is 4.36. The average Bonchev–Trinajstić information content (AvgIpc) is 2.78. The third-order valence-corrected chi connectivity index (χ3v) is 2.91. The maximum Gasteiger partial charge on any atom is 0.276 e. The van der Waals surface area contributed by atoms with Crippen LogP contribution in [0.4, 0.5) is 0 Å². The van der Waals surface area contributed by atoms with Crippen LogP contribution in [0.1, 0.15) is 13.3 Å². The molecule has 17 heavy (non-hydrogen) atoms. The molecule has 0 N–H and O–H groups in total. The Balaban J connectivity index is 1.99. The molecule has 0 saturated heterocycles. The van der Waals surface area contributed by atoms with Gasteiger partial charge in [-0.15, -0.1) is 16.8 Å². The zero-order valence-electron chi connectivity index (χ0n) is 9.59. The van der Waals surface area contributed by atoms with Gasteiger partial charge in [-0.1, -0.05) is 17.3 Å². The lowest BCUT2D eigenvalue weighted by Gasteiger charge is -1.95. The van der Waals surface area contributed by atoms with Gasteiger partial charge in [0.25, 0.3) is 5.22 Å². The lowest BCUT2D eigenvalue weighted by molar-refractivity contribution is 0.466. The van der Waals surface area contributed by atoms with Crippen LogP contribution in [-0.4, -0.2) is 20.9 Å². The number of nitrogens with zero attached hydrogens (tertiary/aromatic N) is 3. The minimum absolute atomic E-state index is 0.533. The molecule has 0 atom stereocenters. The molecule has 0 spiro atoms. The number of allylic oxidation sites excluding steroid dienone is 1. The largest absolute Gasteiger partial charge is 0.411 e. The highest BCUT2D eigenvalue weighted by Gasteiger charge is 2.08. The summed E-state index contributed by atoms with van der Waals surface area (Å²) >= 11 is 1.55. The van der Waals surface area contributed by atoms with E-state index in [2.05, 4.69) is 21.8 Å². The first kappa shape index (κ1) is 11.9. The number of pyridine rings is 1. The standard InChI is InChI=1S/C12H13N3OS/c1-9(2)5-8-17-12-15-14-11(16-12)10-3-6-13-7-4-10/h3-4,6-7H,1,5,8H2,2H3. The molecule has 2 aromatic rings. The second kappa shape index (κ2) is 5.63. The molecule has 0 fully saturated rings. The predicted octanol–water partition coefficient (Wildman–Crippen LogP) is 3.19. The van der Waals surface area contributed by atoms with Crippen LogP contribution in [0.2, 0.25) is 0 Å². The van der Waals surface area contributed by atoms with Crippen LogP contribution in [0, 0.1) is 0 Å². The normalized spacial score (nSPS) is 10.4. The van der Waals surface area contributed by atoms with E-state index >= 15 is 0 Å². The van der Waals surface area contributed by atoms with Gasteiger partial charge in [-0.25, -0.2) is 0 Å². The molecule has 0 amide bonds. The fraction of sp³-hybridized carbons (Fsp3) is 0.250. The first-order valence-corrected chi connectivity index (χ1v) is 6.25. The molecule has 0 radical (unpaired) electrons. The molecule has 88 valence electrons. The van der Waals surface area contributed by atoms with E-state index in [1.807, 2.05) is 19.1 Å². The fourth-order valence-electron chi connectivity index (χ4n) is 1.19. The van der Waals surface area contributed by atoms with Crippen LogP contribution in [0.3, 0.4) is 0 Å². The van der Waals surface area contributed by atoms with Crippen molar-refractivity contribution < 1.29 is 4.42 Å². The van der Waals surface area contributed by atoms with Gasteiger partial charge in [-0.05, 0) is 25.5 Å². The average molecular weight is 247 g/mol. The number of thioether (sulfide) groups is 1. The summed E-state index contributed by atoms with van der Waals surface area (Å²) in [6, 6.07) is 3.69. The second-order valence-electron chi connectivity index (χ2n) is 3.66. The Labute approximate surface area is 104 Å². The zero-order valence-corrected chi connectivity index (χ0v) is 10.4. The monoisotopic (exact) mass is 247 g/mol. The van der Waals surface area contributed by atoms with E-state index in [4.69, 9.17) is 4.42 Å². The quantitative estimate of drug-likeness (QED) is 0.600. The maximum absolute atomic E-state index is 5.53. The van der Waals surface area contributed by atoms with E-state index in [-0.39, 0.29) is 0 Å². The summed E-state index contributed by atoms with van der Waals surface area (Å²) < 4.78 is 5.53. The van der Waals surface area contributed by atoms with Crippen LogP contribution >= 0.6 is 11.8 Å². The number of aromatic nitrogens is 3. The summed E-state index contributed by atoms with van der Waals surface area (Å²) in [4.78, 5) is 3.94. The molecule has 2 heterocycles. The molecule has 0 aliphatic heterocycles. The Morgan fingerprint density at radius 2 is 2.12 bits per heavy atom. The van der Waals surface area contributed by atoms with Crippen molar-refractivity contribution in [2.24, 2.45) is 0 Å². The minimum Gasteiger partial charge on any atom is -0.411 e. The molecule has 4 nitrogen and oxygen atoms in total. The summed E-state index contributed by atoms with van der Waals surface area (Å²) in [7, 11) is 0. The Hall–Kier alpha value is -1.62. The van der Waals surface area contributed by atoms with Crippen molar-refractivity contribution in [3.63, 3.8) is 0 Å². The molecule has 0 aliphatic carbocycles. The molecule has 2 aromatic heterocycles. The smallest absolute Gasteiger partial charge is 0.276 e. The third kappa shape index (κ3) is 3.42. The van der Waals surface area contributed by atoms with Gasteiger partial charge < -0.3 is 4.42 Å². The first-order chi connectivity index (χ1) is 8.25. The van der Waals surface area contributed by atoms with Crippen molar-refractivity contribution in [1.29, 1.82) is 0 Å². The Morgan fingerprint density at radius 3 is 2.82 bits per heavy atom. The van der Waals surface area contributed by atoms with Crippen molar-refractivity contribution in [2.45, 2.75) is 18.6 Å². The minimum atomic E-state index is 0.533. The van der Waals surface area contributed by atoms with Gasteiger partial charge in [0.2, 0.25) is 5.89 Å². The highest BCUT2D eigenvalue weighted by molar-refractivity contribution is 7.99. The van der Waals surface area contributed by atoms with Crippen LogP contribution < -0.4 is 0 Å². The molecule has 5 heteroatoms. The van der Waals surface area contributed by atoms with Crippen molar-refractivity contribution in [3.8, 4) is 11.5 Å². The van der Waals surface area contributed by atoms with E-state index < -0.39 is 0 Å². The van der Waals surface area contributed by atoms with E-state index in [1.165, 1.54) is 0 Å². The van der Waals surface area contributed by atoms with Gasteiger partial charge in [-0.2, -0.15) is 0 Å². The fourth-order valence-corrected chi connectivity index (χ4v) is 2.05. The number of hydrogen-bond acceptors (Lipinski definition) is 5. The van der Waals surface area contributed by atoms with Gasteiger partial charge >= 0.3 is 0 Å². The van der Waals surface area contributed by atoms with Crippen molar-refractivity contribution >= 4 is 11.8 Å². The summed E-state index contributed by atoms with van der Waals surface area (Å²) in [6.45, 7) is 5.86. The van der Waals surface area contributed by atoms with Gasteiger partial charge in [0.1, 0.15) is 0 Å². The first-order valence-electron chi connectivity index (χ1n) is 5.27. The topological polar surface area (TPSA) is 51.8 Å². The van der Waals surface area contributed by atoms with Crippen molar-refractivity contribution in [3.05, 3.63) is 36.7 Å². The van der Waals surface area contributed by atoms with Crippen molar-refractivity contribution in [2.75, 3.05) is 5.75 Å². The molecule has 0 aliphatic rings. The van der Waals surface area contributed by atoms with Crippen molar-refractivity contribution in [1.82, 2.24) is 15.2 Å². The van der Waals surface area contributed by atoms with Gasteiger partial charge in [0, 0.05) is 23.7 Å². The SMILES string of the molecule is C=C(C)CCSc1nnc(-c2ccncc2)o1. The van der Waals surface area contributed by atoms with E-state index in [0.29, 0.717) is 11.1 Å². The Kier molecular flexibility index (Phi) is 3.93. The molecule has 0 saturated carbocycles. The van der Waals surface area contributed by atoms with E-state index in [0.717, 1.165) is 23.3 Å². The summed E-state index contributed by atoms with van der Waals surface area (Å²) in [5.41, 5.74) is 2.05. The molecule has 2 rings (SSSR count). The van der Waals surface area contributed by atoms with Crippen LogP contribution in [0.25, 0.3) is 11.5 Å². The van der Waals surface area contributed by atoms with E-state index in [9.17, 15) is 0 Å². The molecule has 0 bridgehead atoms. The second-order valence-corrected chi connectivity index (χ2v) is 4.71. The van der Waals surface area contributed by atoms with Gasteiger partial charge in [-0.3, -0.25) is 4.98 Å². The van der Waals surface area contributed by atoms with Crippen LogP contribution in [0.15, 0.2) is 46.3 Å². The predicted molar refractivity (Wildman–Crippen MR) is 67.7 cm³/mol. The zero-order chi connectivity index (χ0) is 12.1. The molecular formula is C12H13N3OS. The van der Waals surface area contributed by atoms with E-state index in [1.54, 1.807) is 24.2 Å². The Morgan fingerprint density at radius 1 is 1.35 bits per heavy atom. The summed E-state index contributed by atoms with van der Waals surface area (Å²) in [5, 5.41) is 8.58. The highest BCUT2D eigenvalue weighted by Crippen LogP contribution is 2.23.